The molecule has 0 amide bonds. The third-order valence-electron chi connectivity index (χ3n) is 4.06. The number of fused-ring (bicyclic) bond motifs is 1. The Bertz CT molecular complexity index is 357. The summed E-state index contributed by atoms with van der Waals surface area (Å²) in [5.41, 5.74) is 1.27. The highest BCUT2D eigenvalue weighted by atomic mass is 32.7. The molecule has 0 N–H and O–H groups in total. The largest absolute Gasteiger partial charge is 0.375 e. The second-order valence-corrected chi connectivity index (χ2v) is 8.78. The summed E-state index contributed by atoms with van der Waals surface area (Å²) in [5, 5.41) is 0.488. The van der Waals surface area contributed by atoms with Crippen molar-refractivity contribution in [2.24, 2.45) is 5.92 Å². The minimum Gasteiger partial charge on any atom is -0.375 e. The third-order valence-corrected chi connectivity index (χ3v) is 7.72. The quantitative estimate of drug-likeness (QED) is 0.585. The van der Waals surface area contributed by atoms with Gasteiger partial charge in [0.1, 0.15) is 6.10 Å². The number of alkyl halides is 1. The first-order valence-corrected chi connectivity index (χ1v) is 9.47. The zero-order valence-electron chi connectivity index (χ0n) is 11.1. The Hall–Kier alpha value is 0.330. The van der Waals surface area contributed by atoms with Crippen LogP contribution in [0.3, 0.4) is 0 Å². The Morgan fingerprint density at radius 1 is 1.42 bits per heavy atom. The van der Waals surface area contributed by atoms with Gasteiger partial charge < -0.3 is 13.8 Å². The second kappa shape index (κ2) is 5.98. The van der Waals surface area contributed by atoms with Gasteiger partial charge in [-0.25, -0.2) is 4.39 Å². The normalized spacial score (nSPS) is 46.2. The molecule has 19 heavy (non-hydrogen) atoms. The van der Waals surface area contributed by atoms with Crippen molar-refractivity contribution in [3.05, 3.63) is 12.2 Å². The Balaban J connectivity index is 1.53. The van der Waals surface area contributed by atoms with Crippen LogP contribution < -0.4 is 0 Å². The predicted octanol–water partition coefficient (Wildman–Crippen LogP) is 3.84. The van der Waals surface area contributed by atoms with E-state index in [1.54, 1.807) is 11.4 Å². The standard InChI is InChI=1S/C13H20FO3PS/c1-8(2)9-3-4-11-13(5-9)19-18(16-11)17-12-7-15-6-10(12)14/h9-13H,1,3-7H2,2H3. The first-order valence-electron chi connectivity index (χ1n) is 6.81. The van der Waals surface area contributed by atoms with E-state index in [9.17, 15) is 4.39 Å². The Morgan fingerprint density at radius 3 is 2.95 bits per heavy atom. The average molecular weight is 306 g/mol. The molecule has 1 aliphatic carbocycles. The number of hydrogen-bond donors (Lipinski definition) is 0. The van der Waals surface area contributed by atoms with Crippen LogP contribution in [0.2, 0.25) is 0 Å². The van der Waals surface area contributed by atoms with Gasteiger partial charge in [0.05, 0.1) is 19.3 Å². The van der Waals surface area contributed by atoms with Crippen LogP contribution in [0.15, 0.2) is 12.2 Å². The topological polar surface area (TPSA) is 27.7 Å². The molecule has 2 saturated heterocycles. The molecule has 2 heterocycles. The molecule has 3 nitrogen and oxygen atoms in total. The number of rotatable bonds is 3. The van der Waals surface area contributed by atoms with E-state index >= 15 is 0 Å². The highest BCUT2D eigenvalue weighted by Gasteiger charge is 2.44. The lowest BCUT2D eigenvalue weighted by Crippen LogP contribution is -2.29. The van der Waals surface area contributed by atoms with Gasteiger partial charge in [0, 0.05) is 5.25 Å². The van der Waals surface area contributed by atoms with Gasteiger partial charge in [-0.05, 0) is 32.1 Å². The van der Waals surface area contributed by atoms with Gasteiger partial charge in [-0.1, -0.05) is 23.5 Å². The summed E-state index contributed by atoms with van der Waals surface area (Å²) >= 11 is 1.76. The van der Waals surface area contributed by atoms with Crippen LogP contribution in [-0.2, 0) is 13.8 Å². The van der Waals surface area contributed by atoms with Crippen molar-refractivity contribution in [2.75, 3.05) is 13.2 Å². The maximum atomic E-state index is 13.5. The summed E-state index contributed by atoms with van der Waals surface area (Å²) in [5.74, 6) is 0.607. The third kappa shape index (κ3) is 3.16. The molecule has 6 heteroatoms. The lowest BCUT2D eigenvalue weighted by molar-refractivity contribution is 0.103. The maximum absolute atomic E-state index is 13.5. The van der Waals surface area contributed by atoms with Gasteiger partial charge in [0.15, 0.2) is 6.17 Å². The van der Waals surface area contributed by atoms with Crippen molar-refractivity contribution in [1.82, 2.24) is 0 Å². The van der Waals surface area contributed by atoms with E-state index in [0.717, 1.165) is 19.3 Å². The van der Waals surface area contributed by atoms with Crippen LogP contribution in [0.1, 0.15) is 26.2 Å². The highest BCUT2D eigenvalue weighted by molar-refractivity contribution is 8.53. The summed E-state index contributed by atoms with van der Waals surface area (Å²) < 4.78 is 30.3. The monoisotopic (exact) mass is 306 g/mol. The molecule has 0 aromatic heterocycles. The maximum Gasteiger partial charge on any atom is 0.239 e. The molecule has 0 bridgehead atoms. The molecular weight excluding hydrogens is 286 g/mol. The van der Waals surface area contributed by atoms with Gasteiger partial charge in [-0.3, -0.25) is 0 Å². The van der Waals surface area contributed by atoms with E-state index in [1.807, 2.05) is 0 Å². The summed E-state index contributed by atoms with van der Waals surface area (Å²) in [6.45, 7) is 6.68. The van der Waals surface area contributed by atoms with Gasteiger partial charge in [-0.2, -0.15) is 0 Å². The Morgan fingerprint density at radius 2 is 2.26 bits per heavy atom. The fourth-order valence-corrected chi connectivity index (χ4v) is 7.07. The van der Waals surface area contributed by atoms with Gasteiger partial charge >= 0.3 is 0 Å². The van der Waals surface area contributed by atoms with Crippen LogP contribution in [0.25, 0.3) is 0 Å². The van der Waals surface area contributed by atoms with E-state index in [2.05, 4.69) is 13.5 Å². The first kappa shape index (κ1) is 14.3. The minimum atomic E-state index is -1.00. The first-order chi connectivity index (χ1) is 9.13. The Kier molecular flexibility index (Phi) is 4.50. The lowest BCUT2D eigenvalue weighted by atomic mass is 9.83. The van der Waals surface area contributed by atoms with Crippen molar-refractivity contribution in [3.63, 3.8) is 0 Å². The van der Waals surface area contributed by atoms with Crippen molar-refractivity contribution in [1.29, 1.82) is 0 Å². The van der Waals surface area contributed by atoms with Gasteiger partial charge in [0.25, 0.3) is 0 Å². The minimum absolute atomic E-state index is 0.156. The molecule has 3 fully saturated rings. The molecule has 0 aromatic rings. The van der Waals surface area contributed by atoms with E-state index in [0.29, 0.717) is 17.8 Å². The molecule has 1 saturated carbocycles. The molecule has 3 rings (SSSR count). The Labute approximate surface area is 118 Å². The molecule has 0 spiro atoms. The summed E-state index contributed by atoms with van der Waals surface area (Å²) in [6, 6.07) is 0. The predicted molar refractivity (Wildman–Crippen MR) is 75.9 cm³/mol. The smallest absolute Gasteiger partial charge is 0.239 e. The highest BCUT2D eigenvalue weighted by Crippen LogP contribution is 2.65. The molecular formula is C13H20FO3PS. The fraction of sp³-hybridized carbons (Fsp3) is 0.846. The number of allylic oxidation sites excluding steroid dienone is 1. The van der Waals surface area contributed by atoms with Crippen molar-refractivity contribution < 1.29 is 18.2 Å². The van der Waals surface area contributed by atoms with Crippen LogP contribution >= 0.6 is 19.0 Å². The van der Waals surface area contributed by atoms with E-state index in [-0.39, 0.29) is 12.7 Å². The van der Waals surface area contributed by atoms with Gasteiger partial charge in [-0.15, -0.1) is 0 Å². The lowest BCUT2D eigenvalue weighted by Gasteiger charge is -2.29. The molecule has 0 radical (unpaired) electrons. The molecule has 6 atom stereocenters. The zero-order valence-corrected chi connectivity index (χ0v) is 12.8. The van der Waals surface area contributed by atoms with E-state index in [4.69, 9.17) is 13.8 Å². The average Bonchev–Trinajstić information content (AvgIpc) is 2.95. The molecule has 3 aliphatic rings. The van der Waals surface area contributed by atoms with Crippen LogP contribution in [0.5, 0.6) is 0 Å². The number of hydrogen-bond acceptors (Lipinski definition) is 4. The second-order valence-electron chi connectivity index (χ2n) is 5.56. The van der Waals surface area contributed by atoms with E-state index in [1.165, 1.54) is 5.57 Å². The van der Waals surface area contributed by atoms with Gasteiger partial charge in [0.2, 0.25) is 7.58 Å². The molecule has 6 unspecified atom stereocenters. The summed E-state index contributed by atoms with van der Waals surface area (Å²) in [4.78, 5) is 0. The van der Waals surface area contributed by atoms with Crippen LogP contribution in [0, 0.1) is 5.92 Å². The molecule has 108 valence electrons. The van der Waals surface area contributed by atoms with E-state index < -0.39 is 19.9 Å². The fourth-order valence-electron chi connectivity index (χ4n) is 2.79. The van der Waals surface area contributed by atoms with Crippen molar-refractivity contribution in [3.8, 4) is 0 Å². The molecule has 2 aliphatic heterocycles. The zero-order chi connectivity index (χ0) is 13.4. The van der Waals surface area contributed by atoms with Crippen LogP contribution in [-0.4, -0.2) is 36.8 Å². The van der Waals surface area contributed by atoms with Crippen molar-refractivity contribution >= 4 is 19.0 Å². The van der Waals surface area contributed by atoms with Crippen LogP contribution in [0.4, 0.5) is 4.39 Å². The van der Waals surface area contributed by atoms with Crippen molar-refractivity contribution in [2.45, 2.75) is 49.8 Å². The number of halogens is 1. The summed E-state index contributed by atoms with van der Waals surface area (Å²) in [6.07, 6.45) is 2.18. The SMILES string of the molecule is C=C(C)C1CCC2OP(OC3COCC3F)SC2C1. The molecule has 0 aromatic carbocycles. The number of ether oxygens (including phenoxy) is 1. The summed E-state index contributed by atoms with van der Waals surface area (Å²) in [7, 11) is -1.00.